The van der Waals surface area contributed by atoms with E-state index in [9.17, 15) is 18.0 Å². The van der Waals surface area contributed by atoms with Gasteiger partial charge in [-0.2, -0.15) is 0 Å². The average Bonchev–Trinajstić information content (AvgIpc) is 2.93. The number of halogens is 2. The zero-order chi connectivity index (χ0) is 28.3. The zero-order valence-electron chi connectivity index (χ0n) is 21.6. The summed E-state index contributed by atoms with van der Waals surface area (Å²) in [6, 6.07) is 14.9. The van der Waals surface area contributed by atoms with Gasteiger partial charge in [-0.05, 0) is 60.4 Å². The van der Waals surface area contributed by atoms with Gasteiger partial charge in [-0.1, -0.05) is 53.5 Å². The topological polar surface area (TPSA) is 108 Å². The number of amides is 3. The van der Waals surface area contributed by atoms with Crippen LogP contribution in [0.1, 0.15) is 36.6 Å². The minimum absolute atomic E-state index is 0.00381. The molecule has 0 aliphatic carbocycles. The molecule has 12 heteroatoms. The Morgan fingerprint density at radius 3 is 2.41 bits per heavy atom. The first-order valence-electron chi connectivity index (χ1n) is 12.1. The van der Waals surface area contributed by atoms with Gasteiger partial charge >= 0.3 is 6.03 Å². The summed E-state index contributed by atoms with van der Waals surface area (Å²) >= 11 is 12.7. The molecule has 1 aliphatic heterocycles. The highest BCUT2D eigenvalue weighted by Gasteiger charge is 2.28. The number of nitrogens with one attached hydrogen (secondary N) is 2. The first-order chi connectivity index (χ1) is 18.5. The summed E-state index contributed by atoms with van der Waals surface area (Å²) in [5.74, 6) is 0.367. The van der Waals surface area contributed by atoms with Crippen LogP contribution in [0.5, 0.6) is 5.75 Å². The highest BCUT2D eigenvalue weighted by molar-refractivity contribution is 7.89. The number of hydrogen-bond acceptors (Lipinski definition) is 5. The highest BCUT2D eigenvalue weighted by atomic mass is 35.5. The van der Waals surface area contributed by atoms with Gasteiger partial charge in [0.15, 0.2) is 0 Å². The maximum atomic E-state index is 13.6. The molecule has 0 bridgehead atoms. The van der Waals surface area contributed by atoms with Gasteiger partial charge in [0.05, 0.1) is 28.8 Å². The van der Waals surface area contributed by atoms with Crippen molar-refractivity contribution < 1.29 is 22.7 Å². The van der Waals surface area contributed by atoms with Gasteiger partial charge in [-0.3, -0.25) is 4.79 Å². The second kappa shape index (κ2) is 11.8. The van der Waals surface area contributed by atoms with E-state index in [4.69, 9.17) is 27.9 Å². The van der Waals surface area contributed by atoms with Crippen LogP contribution in [0.15, 0.2) is 65.6 Å². The molecule has 0 saturated carbocycles. The number of nitrogens with zero attached hydrogens (tertiary/aromatic N) is 2. The van der Waals surface area contributed by atoms with Gasteiger partial charge in [0.25, 0.3) is 10.0 Å². The molecule has 9 nitrogen and oxygen atoms in total. The van der Waals surface area contributed by atoms with Gasteiger partial charge in [-0.15, -0.1) is 4.83 Å². The fraction of sp³-hybridized carbons (Fsp3) is 0.259. The Balaban J connectivity index is 1.67. The van der Waals surface area contributed by atoms with Crippen molar-refractivity contribution in [3.05, 3.63) is 87.4 Å². The molecular formula is C27H28Cl2N4O5S. The summed E-state index contributed by atoms with van der Waals surface area (Å²) in [4.78, 5) is 29.6. The first kappa shape index (κ1) is 28.7. The molecular weight excluding hydrogens is 563 g/mol. The van der Waals surface area contributed by atoms with Crippen LogP contribution < -0.4 is 19.9 Å². The van der Waals surface area contributed by atoms with Gasteiger partial charge in [0.1, 0.15) is 10.8 Å². The lowest BCUT2D eigenvalue weighted by Gasteiger charge is -2.30. The smallest absolute Gasteiger partial charge is 0.337 e. The van der Waals surface area contributed by atoms with E-state index in [1.165, 1.54) is 26.2 Å². The van der Waals surface area contributed by atoms with Gasteiger partial charge in [0, 0.05) is 20.0 Å². The molecule has 0 unspecified atom stereocenters. The number of hydrazine groups is 1. The second-order valence-corrected chi connectivity index (χ2v) is 11.5. The van der Waals surface area contributed by atoms with Crippen molar-refractivity contribution >= 4 is 50.9 Å². The van der Waals surface area contributed by atoms with Crippen LogP contribution in [0.2, 0.25) is 10.0 Å². The quantitative estimate of drug-likeness (QED) is 0.373. The molecule has 0 fully saturated rings. The van der Waals surface area contributed by atoms with E-state index in [-0.39, 0.29) is 20.8 Å². The number of benzene rings is 3. The number of ether oxygens (including phenoxy) is 1. The molecule has 1 aliphatic rings. The minimum Gasteiger partial charge on any atom is -0.495 e. The monoisotopic (exact) mass is 590 g/mol. The molecule has 0 spiro atoms. The predicted octanol–water partition coefficient (Wildman–Crippen LogP) is 5.08. The van der Waals surface area contributed by atoms with Crippen LogP contribution >= 0.6 is 23.2 Å². The number of sulfonamides is 1. The Bertz CT molecular complexity index is 1500. The van der Waals surface area contributed by atoms with E-state index < -0.39 is 22.1 Å². The van der Waals surface area contributed by atoms with E-state index in [0.717, 1.165) is 16.1 Å². The van der Waals surface area contributed by atoms with Crippen molar-refractivity contribution in [2.24, 2.45) is 0 Å². The predicted molar refractivity (Wildman–Crippen MR) is 150 cm³/mol. The number of anilines is 1. The molecule has 4 rings (SSSR count). The Kier molecular flexibility index (Phi) is 8.70. The van der Waals surface area contributed by atoms with Gasteiger partial charge in [0.2, 0.25) is 5.91 Å². The number of urea groups is 1. The summed E-state index contributed by atoms with van der Waals surface area (Å²) in [6.07, 6.45) is 0.569. The van der Waals surface area contributed by atoms with E-state index >= 15 is 0 Å². The summed E-state index contributed by atoms with van der Waals surface area (Å²) in [5, 5.41) is 4.17. The molecule has 2 N–H and O–H groups in total. The number of carbonyl (C=O) groups is 2. The van der Waals surface area contributed by atoms with Crippen molar-refractivity contribution in [2.45, 2.75) is 37.8 Å². The molecule has 3 amide bonds. The number of hydrogen-bond donors (Lipinski definition) is 2. The molecule has 0 radical (unpaired) electrons. The highest BCUT2D eigenvalue weighted by Crippen LogP contribution is 2.37. The summed E-state index contributed by atoms with van der Waals surface area (Å²) in [5.41, 5.74) is 2.68. The summed E-state index contributed by atoms with van der Waals surface area (Å²) in [7, 11) is -2.65. The lowest BCUT2D eigenvalue weighted by molar-refractivity contribution is -0.129. The SMILES string of the molecule is COc1ccc([C@H](C)NC(=O)N(NS(=O)(=O)c2ccccc2)c2ccc3c(c2)CCN(C(C)=O)C3)c(Cl)c1Cl. The third-order valence-electron chi connectivity index (χ3n) is 6.48. The first-order valence-corrected chi connectivity index (χ1v) is 14.3. The Hall–Kier alpha value is -3.31. The van der Waals surface area contributed by atoms with Crippen LogP contribution in [-0.4, -0.2) is 38.9 Å². The van der Waals surface area contributed by atoms with Crippen LogP contribution in [-0.2, 0) is 27.8 Å². The Morgan fingerprint density at radius 2 is 1.74 bits per heavy atom. The van der Waals surface area contributed by atoms with Crippen LogP contribution in [0.25, 0.3) is 0 Å². The van der Waals surface area contributed by atoms with E-state index in [2.05, 4.69) is 10.1 Å². The standard InChI is InChI=1S/C27H28Cl2N4O5S/c1-17(23-11-12-24(38-3)26(29)25(23)28)30-27(35)33(31-39(36,37)22-7-5-4-6-8-22)21-10-9-20-16-32(18(2)34)14-13-19(20)15-21/h4-12,15,17,31H,13-14,16H2,1-3H3,(H,30,35)/t17-/m0/s1. The van der Waals surface area contributed by atoms with Crippen LogP contribution in [0, 0.1) is 0 Å². The molecule has 1 atom stereocenters. The average molecular weight is 592 g/mol. The maximum absolute atomic E-state index is 13.6. The number of methoxy groups -OCH3 is 1. The minimum atomic E-state index is -4.12. The molecule has 0 aromatic heterocycles. The fourth-order valence-corrected chi connectivity index (χ4v) is 5.92. The Labute approximate surface area is 237 Å². The molecule has 39 heavy (non-hydrogen) atoms. The van der Waals surface area contributed by atoms with E-state index in [0.29, 0.717) is 36.5 Å². The lowest BCUT2D eigenvalue weighted by Crippen LogP contribution is -2.51. The van der Waals surface area contributed by atoms with Gasteiger partial charge in [-0.25, -0.2) is 18.2 Å². The fourth-order valence-electron chi connectivity index (χ4n) is 4.30. The van der Waals surface area contributed by atoms with Gasteiger partial charge < -0.3 is 15.0 Å². The lowest BCUT2D eigenvalue weighted by atomic mass is 9.99. The molecule has 3 aromatic carbocycles. The van der Waals surface area contributed by atoms with Crippen molar-refractivity contribution in [3.63, 3.8) is 0 Å². The Morgan fingerprint density at radius 1 is 1.03 bits per heavy atom. The molecule has 206 valence electrons. The number of fused-ring (bicyclic) bond motifs is 1. The van der Waals surface area contributed by atoms with E-state index in [1.54, 1.807) is 60.4 Å². The molecule has 3 aromatic rings. The second-order valence-electron chi connectivity index (χ2n) is 9.04. The third kappa shape index (κ3) is 6.30. The summed E-state index contributed by atoms with van der Waals surface area (Å²) < 4.78 is 31.6. The molecule has 0 saturated heterocycles. The summed E-state index contributed by atoms with van der Waals surface area (Å²) in [6.45, 7) is 4.20. The van der Waals surface area contributed by atoms with Crippen molar-refractivity contribution in [2.75, 3.05) is 18.7 Å². The maximum Gasteiger partial charge on any atom is 0.337 e. The van der Waals surface area contributed by atoms with Crippen molar-refractivity contribution in [1.82, 2.24) is 15.0 Å². The molecule has 1 heterocycles. The number of rotatable bonds is 7. The van der Waals surface area contributed by atoms with Crippen LogP contribution in [0.4, 0.5) is 10.5 Å². The zero-order valence-corrected chi connectivity index (χ0v) is 23.9. The normalized spacial score (nSPS) is 13.8. The van der Waals surface area contributed by atoms with Crippen molar-refractivity contribution in [1.29, 1.82) is 0 Å². The van der Waals surface area contributed by atoms with E-state index in [1.807, 2.05) is 0 Å². The van der Waals surface area contributed by atoms with Crippen LogP contribution in [0.3, 0.4) is 0 Å². The third-order valence-corrected chi connectivity index (χ3v) is 8.67. The van der Waals surface area contributed by atoms with Crippen molar-refractivity contribution in [3.8, 4) is 5.75 Å². The largest absolute Gasteiger partial charge is 0.495 e. The number of carbonyl (C=O) groups excluding carboxylic acids is 2.